The van der Waals surface area contributed by atoms with Gasteiger partial charge >= 0.3 is 0 Å². The van der Waals surface area contributed by atoms with Gasteiger partial charge in [0.05, 0.1) is 17.4 Å². The number of amides is 1. The lowest BCUT2D eigenvalue weighted by atomic mass is 9.96. The molecule has 1 N–H and O–H groups in total. The van der Waals surface area contributed by atoms with Crippen molar-refractivity contribution in [1.82, 2.24) is 29.9 Å². The van der Waals surface area contributed by atoms with Gasteiger partial charge in [0.2, 0.25) is 0 Å². The third-order valence-corrected chi connectivity index (χ3v) is 6.08. The first kappa shape index (κ1) is 17.6. The van der Waals surface area contributed by atoms with E-state index < -0.39 is 0 Å². The quantitative estimate of drug-likeness (QED) is 0.671. The average molecular weight is 441 g/mol. The molecule has 1 aliphatic heterocycles. The van der Waals surface area contributed by atoms with Gasteiger partial charge in [0.25, 0.3) is 5.91 Å². The number of likely N-dealkylation sites (tertiary alicyclic amines) is 1. The molecule has 5 rings (SSSR count). The van der Waals surface area contributed by atoms with Gasteiger partial charge in [0.1, 0.15) is 5.82 Å². The van der Waals surface area contributed by atoms with Gasteiger partial charge < -0.3 is 4.90 Å². The summed E-state index contributed by atoms with van der Waals surface area (Å²) in [5, 5.41) is 11.8. The number of hydrogen-bond acceptors (Lipinski definition) is 4. The Bertz CT molecular complexity index is 982. The molecule has 8 heteroatoms. The number of benzene rings is 1. The molecule has 2 aliphatic rings. The highest BCUT2D eigenvalue weighted by Crippen LogP contribution is 2.38. The van der Waals surface area contributed by atoms with E-state index in [1.807, 2.05) is 29.2 Å². The van der Waals surface area contributed by atoms with E-state index in [9.17, 15) is 4.79 Å². The fourth-order valence-electron chi connectivity index (χ4n) is 3.70. The van der Waals surface area contributed by atoms with Crippen LogP contribution in [-0.4, -0.2) is 48.9 Å². The number of nitrogens with zero attached hydrogens (tertiary/aromatic N) is 5. The van der Waals surface area contributed by atoms with Crippen LogP contribution in [-0.2, 0) is 0 Å². The first-order chi connectivity index (χ1) is 13.7. The molecule has 3 aromatic rings. The minimum absolute atomic E-state index is 0.0399. The summed E-state index contributed by atoms with van der Waals surface area (Å²) in [7, 11) is 0. The summed E-state index contributed by atoms with van der Waals surface area (Å²) in [6.45, 7) is 1.46. The fraction of sp³-hybridized carbons (Fsp3) is 0.400. The van der Waals surface area contributed by atoms with Gasteiger partial charge in [-0.15, -0.1) is 0 Å². The molecule has 1 saturated carbocycles. The van der Waals surface area contributed by atoms with Gasteiger partial charge in [-0.1, -0.05) is 15.9 Å². The first-order valence-corrected chi connectivity index (χ1v) is 10.5. The number of piperidine rings is 1. The highest BCUT2D eigenvalue weighted by atomic mass is 79.9. The van der Waals surface area contributed by atoms with Gasteiger partial charge in [0.15, 0.2) is 5.82 Å². The summed E-state index contributed by atoms with van der Waals surface area (Å²) >= 11 is 3.43. The van der Waals surface area contributed by atoms with Crippen LogP contribution >= 0.6 is 15.9 Å². The molecule has 7 nitrogen and oxygen atoms in total. The molecule has 1 saturated heterocycles. The Hall–Kier alpha value is -2.48. The number of carbonyl (C=O) groups excluding carboxylic acids is 1. The molecule has 3 heterocycles. The Morgan fingerprint density at radius 2 is 1.82 bits per heavy atom. The summed E-state index contributed by atoms with van der Waals surface area (Å²) in [5.74, 6) is 2.91. The van der Waals surface area contributed by atoms with E-state index in [1.54, 1.807) is 17.1 Å². The summed E-state index contributed by atoms with van der Waals surface area (Å²) < 4.78 is 2.75. The molecular formula is C20H21BrN6O. The van der Waals surface area contributed by atoms with Crippen LogP contribution in [0.5, 0.6) is 0 Å². The van der Waals surface area contributed by atoms with Crippen molar-refractivity contribution in [2.45, 2.75) is 37.5 Å². The first-order valence-electron chi connectivity index (χ1n) is 9.69. The highest BCUT2D eigenvalue weighted by Gasteiger charge is 2.31. The maximum Gasteiger partial charge on any atom is 0.257 e. The Kier molecular flexibility index (Phi) is 4.50. The Labute approximate surface area is 171 Å². The Morgan fingerprint density at radius 3 is 2.54 bits per heavy atom. The number of aromatic nitrogens is 5. The van der Waals surface area contributed by atoms with Gasteiger partial charge in [-0.05, 0) is 49.9 Å². The van der Waals surface area contributed by atoms with Crippen LogP contribution < -0.4 is 0 Å². The molecule has 2 aromatic heterocycles. The normalized spacial score (nSPS) is 17.8. The Balaban J connectivity index is 1.22. The number of H-pyrrole nitrogens is 1. The van der Waals surface area contributed by atoms with Crippen LogP contribution in [0.25, 0.3) is 5.69 Å². The standard InChI is InChI=1S/C20H21BrN6O/c21-16-3-5-17(6-4-16)27-12-15(11-22-27)20(28)26-9-7-14(8-10-26)19-23-18(24-25-19)13-1-2-13/h3-6,11-14H,1-2,7-10H2,(H,23,24,25). The van der Waals surface area contributed by atoms with Gasteiger partial charge in [-0.2, -0.15) is 10.2 Å². The smallest absolute Gasteiger partial charge is 0.257 e. The largest absolute Gasteiger partial charge is 0.339 e. The van der Waals surface area contributed by atoms with E-state index >= 15 is 0 Å². The molecule has 0 spiro atoms. The number of hydrogen-bond donors (Lipinski definition) is 1. The van der Waals surface area contributed by atoms with Crippen molar-refractivity contribution in [1.29, 1.82) is 0 Å². The van der Waals surface area contributed by atoms with Crippen molar-refractivity contribution < 1.29 is 4.79 Å². The van der Waals surface area contributed by atoms with Crippen molar-refractivity contribution >= 4 is 21.8 Å². The third kappa shape index (κ3) is 3.48. The molecule has 1 aliphatic carbocycles. The number of aromatic amines is 1. The van der Waals surface area contributed by atoms with Crippen LogP contribution in [0.15, 0.2) is 41.1 Å². The SMILES string of the molecule is O=C(c1cnn(-c2ccc(Br)cc2)c1)N1CCC(c2nc(C3CC3)n[nH]2)CC1. The molecular weight excluding hydrogens is 420 g/mol. The summed E-state index contributed by atoms with van der Waals surface area (Å²) in [5.41, 5.74) is 1.55. The van der Waals surface area contributed by atoms with Crippen LogP contribution in [0.1, 0.15) is 59.5 Å². The molecule has 0 radical (unpaired) electrons. The van der Waals surface area contributed by atoms with Crippen LogP contribution in [0, 0.1) is 0 Å². The number of rotatable bonds is 4. The molecule has 28 heavy (non-hydrogen) atoms. The lowest BCUT2D eigenvalue weighted by molar-refractivity contribution is 0.0711. The maximum absolute atomic E-state index is 12.9. The van der Waals surface area contributed by atoms with E-state index in [2.05, 4.69) is 36.2 Å². The van der Waals surface area contributed by atoms with Crippen LogP contribution in [0.4, 0.5) is 0 Å². The summed E-state index contributed by atoms with van der Waals surface area (Å²) in [6.07, 6.45) is 7.68. The van der Waals surface area contributed by atoms with Crippen LogP contribution in [0.2, 0.25) is 0 Å². The van der Waals surface area contributed by atoms with Gasteiger partial charge in [0, 0.05) is 35.6 Å². The van der Waals surface area contributed by atoms with Crippen molar-refractivity contribution in [2.24, 2.45) is 0 Å². The van der Waals surface area contributed by atoms with E-state index in [1.165, 1.54) is 12.8 Å². The molecule has 0 atom stereocenters. The fourth-order valence-corrected chi connectivity index (χ4v) is 3.97. The highest BCUT2D eigenvalue weighted by molar-refractivity contribution is 9.10. The topological polar surface area (TPSA) is 79.7 Å². The van der Waals surface area contributed by atoms with Crippen molar-refractivity contribution in [2.75, 3.05) is 13.1 Å². The predicted octanol–water partition coefficient (Wildman–Crippen LogP) is 3.65. The zero-order chi connectivity index (χ0) is 19.1. The predicted molar refractivity (Wildman–Crippen MR) is 108 cm³/mol. The van der Waals surface area contributed by atoms with Gasteiger partial charge in [-0.3, -0.25) is 9.89 Å². The molecule has 2 fully saturated rings. The number of halogens is 1. The van der Waals surface area contributed by atoms with E-state index in [0.29, 0.717) is 17.4 Å². The van der Waals surface area contributed by atoms with Crippen molar-refractivity contribution in [3.63, 3.8) is 0 Å². The zero-order valence-corrected chi connectivity index (χ0v) is 17.0. The summed E-state index contributed by atoms with van der Waals surface area (Å²) in [6, 6.07) is 7.84. The average Bonchev–Trinajstić information content (AvgIpc) is 3.26. The third-order valence-electron chi connectivity index (χ3n) is 5.55. The molecule has 1 aromatic carbocycles. The molecule has 0 unspecified atom stereocenters. The number of carbonyl (C=O) groups is 1. The second-order valence-electron chi connectivity index (χ2n) is 7.57. The molecule has 0 bridgehead atoms. The monoisotopic (exact) mass is 440 g/mol. The van der Waals surface area contributed by atoms with Crippen molar-refractivity contribution in [3.05, 3.63) is 58.3 Å². The lowest BCUT2D eigenvalue weighted by Crippen LogP contribution is -2.38. The second kappa shape index (κ2) is 7.16. The minimum Gasteiger partial charge on any atom is -0.339 e. The van der Waals surface area contributed by atoms with E-state index in [-0.39, 0.29) is 5.91 Å². The lowest BCUT2D eigenvalue weighted by Gasteiger charge is -2.30. The van der Waals surface area contributed by atoms with E-state index in [4.69, 9.17) is 0 Å². The zero-order valence-electron chi connectivity index (χ0n) is 15.4. The number of nitrogens with one attached hydrogen (secondary N) is 1. The maximum atomic E-state index is 12.9. The molecule has 1 amide bonds. The Morgan fingerprint density at radius 1 is 1.07 bits per heavy atom. The second-order valence-corrected chi connectivity index (χ2v) is 8.49. The minimum atomic E-state index is 0.0399. The molecule has 144 valence electrons. The van der Waals surface area contributed by atoms with Gasteiger partial charge in [-0.25, -0.2) is 9.67 Å². The van der Waals surface area contributed by atoms with Crippen molar-refractivity contribution in [3.8, 4) is 5.69 Å². The van der Waals surface area contributed by atoms with E-state index in [0.717, 1.165) is 47.7 Å². The summed E-state index contributed by atoms with van der Waals surface area (Å²) in [4.78, 5) is 19.5. The van der Waals surface area contributed by atoms with Crippen LogP contribution in [0.3, 0.4) is 0 Å².